The first kappa shape index (κ1) is 9.14. The molecule has 0 saturated heterocycles. The molecule has 0 aliphatic rings. The van der Waals surface area contributed by atoms with Crippen molar-refractivity contribution in [1.29, 1.82) is 0 Å². The van der Waals surface area contributed by atoms with Crippen molar-refractivity contribution in [3.05, 3.63) is 34.3 Å². The van der Waals surface area contributed by atoms with E-state index in [0.29, 0.717) is 5.92 Å². The van der Waals surface area contributed by atoms with E-state index in [0.717, 1.165) is 10.2 Å². The fourth-order valence-corrected chi connectivity index (χ4v) is 1.37. The van der Waals surface area contributed by atoms with Gasteiger partial charge in [-0.25, -0.2) is 0 Å². The second kappa shape index (κ2) is 4.17. The van der Waals surface area contributed by atoms with Gasteiger partial charge < -0.3 is 0 Å². The summed E-state index contributed by atoms with van der Waals surface area (Å²) in [7, 11) is 0. The standard InChI is InChI=1S/C9H11BrS/c1-7(6-11)8-2-4-9(10)5-3-8/h2-5,7,11H,6H2,1H3. The smallest absolute Gasteiger partial charge is 0.0175 e. The van der Waals surface area contributed by atoms with Gasteiger partial charge in [0.1, 0.15) is 0 Å². The van der Waals surface area contributed by atoms with Crippen LogP contribution in [0.4, 0.5) is 0 Å². The Hall–Kier alpha value is 0.0500. The Balaban J connectivity index is 2.81. The Labute approximate surface area is 81.5 Å². The van der Waals surface area contributed by atoms with E-state index in [1.54, 1.807) is 0 Å². The van der Waals surface area contributed by atoms with Crippen LogP contribution in [-0.4, -0.2) is 5.75 Å². The maximum atomic E-state index is 4.24. The fraction of sp³-hybridized carbons (Fsp3) is 0.333. The summed E-state index contributed by atoms with van der Waals surface area (Å²) < 4.78 is 1.13. The lowest BCUT2D eigenvalue weighted by molar-refractivity contribution is 0.883. The molecule has 0 heterocycles. The van der Waals surface area contributed by atoms with Crippen LogP contribution in [0.15, 0.2) is 28.7 Å². The van der Waals surface area contributed by atoms with E-state index < -0.39 is 0 Å². The molecular formula is C9H11BrS. The minimum atomic E-state index is 0.548. The highest BCUT2D eigenvalue weighted by atomic mass is 79.9. The van der Waals surface area contributed by atoms with Crippen LogP contribution in [0.5, 0.6) is 0 Å². The van der Waals surface area contributed by atoms with Gasteiger partial charge in [-0.05, 0) is 29.4 Å². The Kier molecular flexibility index (Phi) is 3.46. The van der Waals surface area contributed by atoms with Gasteiger partial charge in [0.2, 0.25) is 0 Å². The second-order valence-corrected chi connectivity index (χ2v) is 3.92. The molecule has 0 aliphatic carbocycles. The molecule has 2 heteroatoms. The Morgan fingerprint density at radius 1 is 1.36 bits per heavy atom. The highest BCUT2D eigenvalue weighted by Crippen LogP contribution is 2.18. The summed E-state index contributed by atoms with van der Waals surface area (Å²) in [6.07, 6.45) is 0. The van der Waals surface area contributed by atoms with E-state index >= 15 is 0 Å². The maximum Gasteiger partial charge on any atom is 0.0175 e. The summed E-state index contributed by atoms with van der Waals surface area (Å²) >= 11 is 7.64. The normalized spacial score (nSPS) is 13.0. The molecule has 0 bridgehead atoms. The Morgan fingerprint density at radius 2 is 1.91 bits per heavy atom. The molecule has 11 heavy (non-hydrogen) atoms. The van der Waals surface area contributed by atoms with Crippen molar-refractivity contribution in [2.75, 3.05) is 5.75 Å². The van der Waals surface area contributed by atoms with Crippen molar-refractivity contribution in [3.63, 3.8) is 0 Å². The molecule has 0 saturated carbocycles. The molecule has 1 atom stereocenters. The second-order valence-electron chi connectivity index (χ2n) is 2.64. The van der Waals surface area contributed by atoms with Gasteiger partial charge in [0.05, 0.1) is 0 Å². The molecule has 60 valence electrons. The average molecular weight is 231 g/mol. The van der Waals surface area contributed by atoms with E-state index in [9.17, 15) is 0 Å². The highest BCUT2D eigenvalue weighted by Gasteiger charge is 2.01. The topological polar surface area (TPSA) is 0 Å². The third kappa shape index (κ3) is 2.53. The van der Waals surface area contributed by atoms with Crippen LogP contribution in [0.3, 0.4) is 0 Å². The zero-order chi connectivity index (χ0) is 8.27. The first-order valence-electron chi connectivity index (χ1n) is 3.60. The van der Waals surface area contributed by atoms with Gasteiger partial charge in [-0.3, -0.25) is 0 Å². The van der Waals surface area contributed by atoms with Gasteiger partial charge in [-0.15, -0.1) is 0 Å². The van der Waals surface area contributed by atoms with Gasteiger partial charge in [0.15, 0.2) is 0 Å². The summed E-state index contributed by atoms with van der Waals surface area (Å²) in [5.74, 6) is 1.45. The molecule has 1 aromatic rings. The van der Waals surface area contributed by atoms with Crippen molar-refractivity contribution in [2.24, 2.45) is 0 Å². The predicted octanol–water partition coefficient (Wildman–Crippen LogP) is 3.48. The minimum absolute atomic E-state index is 0.548. The molecule has 0 N–H and O–H groups in total. The lowest BCUT2D eigenvalue weighted by Crippen LogP contribution is -1.93. The number of halogens is 1. The van der Waals surface area contributed by atoms with E-state index in [-0.39, 0.29) is 0 Å². The number of hydrogen-bond donors (Lipinski definition) is 1. The van der Waals surface area contributed by atoms with Gasteiger partial charge in [-0.1, -0.05) is 35.0 Å². The highest BCUT2D eigenvalue weighted by molar-refractivity contribution is 9.10. The molecule has 1 rings (SSSR count). The first-order valence-corrected chi connectivity index (χ1v) is 5.03. The molecule has 0 amide bonds. The van der Waals surface area contributed by atoms with Crippen LogP contribution < -0.4 is 0 Å². The molecule has 1 aromatic carbocycles. The third-order valence-corrected chi connectivity index (χ3v) is 2.79. The summed E-state index contributed by atoms with van der Waals surface area (Å²) in [5.41, 5.74) is 1.35. The molecule has 0 aliphatic heterocycles. The van der Waals surface area contributed by atoms with E-state index in [1.807, 2.05) is 0 Å². The molecule has 0 radical (unpaired) electrons. The van der Waals surface area contributed by atoms with Crippen molar-refractivity contribution in [3.8, 4) is 0 Å². The van der Waals surface area contributed by atoms with Crippen LogP contribution in [0.2, 0.25) is 0 Å². The Morgan fingerprint density at radius 3 is 2.36 bits per heavy atom. The molecule has 1 unspecified atom stereocenters. The van der Waals surface area contributed by atoms with Crippen LogP contribution in [0.25, 0.3) is 0 Å². The van der Waals surface area contributed by atoms with E-state index in [1.165, 1.54) is 5.56 Å². The van der Waals surface area contributed by atoms with Crippen molar-refractivity contribution in [2.45, 2.75) is 12.8 Å². The van der Waals surface area contributed by atoms with Gasteiger partial charge in [0, 0.05) is 4.47 Å². The molecule has 0 aromatic heterocycles. The predicted molar refractivity (Wildman–Crippen MR) is 56.4 cm³/mol. The maximum absolute atomic E-state index is 4.24. The molecule has 0 nitrogen and oxygen atoms in total. The van der Waals surface area contributed by atoms with Crippen LogP contribution in [0, 0.1) is 0 Å². The lowest BCUT2D eigenvalue weighted by atomic mass is 10.0. The van der Waals surface area contributed by atoms with Gasteiger partial charge in [-0.2, -0.15) is 12.6 Å². The summed E-state index contributed by atoms with van der Waals surface area (Å²) in [6, 6.07) is 8.39. The van der Waals surface area contributed by atoms with Gasteiger partial charge >= 0.3 is 0 Å². The fourth-order valence-electron chi connectivity index (χ4n) is 0.897. The zero-order valence-electron chi connectivity index (χ0n) is 6.42. The minimum Gasteiger partial charge on any atom is -0.179 e. The van der Waals surface area contributed by atoms with E-state index in [2.05, 4.69) is 59.7 Å². The van der Waals surface area contributed by atoms with Crippen LogP contribution in [-0.2, 0) is 0 Å². The summed E-state index contributed by atoms with van der Waals surface area (Å²) in [5, 5.41) is 0. The largest absolute Gasteiger partial charge is 0.179 e. The first-order chi connectivity index (χ1) is 5.24. The molecule has 0 fully saturated rings. The monoisotopic (exact) mass is 230 g/mol. The molecular weight excluding hydrogens is 220 g/mol. The van der Waals surface area contributed by atoms with Gasteiger partial charge in [0.25, 0.3) is 0 Å². The van der Waals surface area contributed by atoms with Crippen LogP contribution in [0.1, 0.15) is 18.4 Å². The van der Waals surface area contributed by atoms with E-state index in [4.69, 9.17) is 0 Å². The van der Waals surface area contributed by atoms with Crippen LogP contribution >= 0.6 is 28.6 Å². The summed E-state index contributed by atoms with van der Waals surface area (Å²) in [6.45, 7) is 2.18. The number of hydrogen-bond acceptors (Lipinski definition) is 1. The number of rotatable bonds is 2. The zero-order valence-corrected chi connectivity index (χ0v) is 8.90. The SMILES string of the molecule is CC(CS)c1ccc(Br)cc1. The quantitative estimate of drug-likeness (QED) is 0.740. The van der Waals surface area contributed by atoms with Crippen molar-refractivity contribution < 1.29 is 0 Å². The number of thiol groups is 1. The van der Waals surface area contributed by atoms with Crippen molar-refractivity contribution in [1.82, 2.24) is 0 Å². The van der Waals surface area contributed by atoms with Crippen molar-refractivity contribution >= 4 is 28.6 Å². The Bertz CT molecular complexity index is 218. The third-order valence-electron chi connectivity index (χ3n) is 1.71. The summed E-state index contributed by atoms with van der Waals surface area (Å²) in [4.78, 5) is 0. The lowest BCUT2D eigenvalue weighted by Gasteiger charge is -2.07. The average Bonchev–Trinajstić information content (AvgIpc) is 2.05. The molecule has 0 spiro atoms. The number of benzene rings is 1.